The number of hydrogen-bond donors (Lipinski definition) is 4. The number of aryl methyl sites for hydroxylation is 2. The fourth-order valence-corrected chi connectivity index (χ4v) is 5.37. The molecule has 0 spiro atoms. The van der Waals surface area contributed by atoms with Gasteiger partial charge in [-0.2, -0.15) is 5.26 Å². The van der Waals surface area contributed by atoms with E-state index < -0.39 is 47.4 Å². The first kappa shape index (κ1) is 38.9. The van der Waals surface area contributed by atoms with Crippen molar-refractivity contribution in [3.05, 3.63) is 64.6 Å². The lowest BCUT2D eigenvalue weighted by molar-refractivity contribution is -0.131. The van der Waals surface area contributed by atoms with E-state index in [1.165, 1.54) is 17.9 Å². The largest absolute Gasteiger partial charge is 0.391 e. The van der Waals surface area contributed by atoms with Crippen molar-refractivity contribution in [2.75, 3.05) is 39.9 Å². The molecule has 0 saturated carbocycles. The lowest BCUT2D eigenvalue weighted by Crippen LogP contribution is -2.57. The molecular weight excluding hydrogens is 630 g/mol. The summed E-state index contributed by atoms with van der Waals surface area (Å²) in [6.07, 6.45) is 1.54. The monoisotopic (exact) mass is 679 g/mol. The van der Waals surface area contributed by atoms with Gasteiger partial charge in [-0.1, -0.05) is 35.0 Å². The summed E-state index contributed by atoms with van der Waals surface area (Å²) >= 11 is 0. The Morgan fingerprint density at radius 1 is 1.10 bits per heavy atom. The number of carbonyl (C=O) groups is 4. The number of nitriles is 1. The van der Waals surface area contributed by atoms with Gasteiger partial charge in [0.2, 0.25) is 11.8 Å². The molecule has 4 amide bonds. The van der Waals surface area contributed by atoms with E-state index in [0.29, 0.717) is 51.4 Å². The lowest BCUT2D eigenvalue weighted by Gasteiger charge is -2.39. The number of ether oxygens (including phenoxy) is 1. The van der Waals surface area contributed by atoms with Gasteiger partial charge in [-0.25, -0.2) is 0 Å². The van der Waals surface area contributed by atoms with Gasteiger partial charge in [0.25, 0.3) is 11.8 Å². The molecule has 1 saturated heterocycles. The van der Waals surface area contributed by atoms with Gasteiger partial charge in [-0.05, 0) is 65.5 Å². The Morgan fingerprint density at radius 2 is 1.78 bits per heavy atom. The lowest BCUT2D eigenvalue weighted by atomic mass is 9.98. The first-order valence-corrected chi connectivity index (χ1v) is 16.5. The Morgan fingerprint density at radius 3 is 2.37 bits per heavy atom. The second-order valence-corrected chi connectivity index (χ2v) is 12.9. The molecule has 0 radical (unpaired) electrons. The van der Waals surface area contributed by atoms with Gasteiger partial charge in [0, 0.05) is 44.8 Å². The molecule has 266 valence electrons. The molecule has 4 N–H and O–H groups in total. The van der Waals surface area contributed by atoms with Crippen LogP contribution in [0.2, 0.25) is 0 Å². The van der Waals surface area contributed by atoms with Gasteiger partial charge < -0.3 is 35.2 Å². The summed E-state index contributed by atoms with van der Waals surface area (Å²) < 4.78 is 10.4. The van der Waals surface area contributed by atoms with E-state index >= 15 is 0 Å². The molecule has 14 heteroatoms. The Balaban J connectivity index is 1.65. The van der Waals surface area contributed by atoms with Crippen molar-refractivity contribution in [1.29, 1.82) is 5.26 Å². The molecule has 3 atom stereocenters. The number of amides is 4. The topological polar surface area (TPSA) is 190 Å². The SMILES string of the molecule is Cc1ccc(CNC(=O)[C@H](CCCCN(C)C(=O)C(C#N)=CC(C)(C)N2CCOCC2)NC(=O)[C@@H](NC(=O)c2cc(C)on2)[C@@H](C)O)cc1. The first-order valence-electron chi connectivity index (χ1n) is 16.5. The van der Waals surface area contributed by atoms with E-state index in [1.807, 2.05) is 45.0 Å². The zero-order valence-electron chi connectivity index (χ0n) is 29.2. The van der Waals surface area contributed by atoms with Crippen molar-refractivity contribution in [2.45, 2.75) is 84.2 Å². The van der Waals surface area contributed by atoms with E-state index in [0.717, 1.165) is 11.1 Å². The predicted molar refractivity (Wildman–Crippen MR) is 181 cm³/mol. The number of aliphatic hydroxyl groups is 1. The molecule has 1 aromatic heterocycles. The van der Waals surface area contributed by atoms with Gasteiger partial charge in [-0.15, -0.1) is 0 Å². The number of nitrogens with one attached hydrogen (secondary N) is 3. The van der Waals surface area contributed by atoms with E-state index in [1.54, 1.807) is 20.0 Å². The molecule has 3 rings (SSSR count). The third-order valence-electron chi connectivity index (χ3n) is 8.39. The Hall–Kier alpha value is -4.58. The number of rotatable bonds is 16. The summed E-state index contributed by atoms with van der Waals surface area (Å²) in [6.45, 7) is 12.0. The average Bonchev–Trinajstić information content (AvgIpc) is 3.52. The molecule has 1 aromatic carbocycles. The Kier molecular flexibility index (Phi) is 14.5. The van der Waals surface area contributed by atoms with Crippen LogP contribution in [0, 0.1) is 25.2 Å². The van der Waals surface area contributed by atoms with Crippen molar-refractivity contribution in [3.8, 4) is 6.07 Å². The molecule has 0 unspecified atom stereocenters. The standard InChI is InChI=1S/C35H49N7O7/c1-23-10-12-26(13-11-23)22-37-31(44)28(38-33(46)30(25(3)43)39-32(45)29-19-24(2)49-40-29)9-7-8-14-41(6)34(47)27(21-36)20-35(4,5)42-15-17-48-18-16-42/h10-13,19-20,25,28,30,43H,7-9,14-18,22H2,1-6H3,(H,37,44)(H,38,46)(H,39,45)/t25-,28+,30+/m1/s1. The molecule has 2 heterocycles. The van der Waals surface area contributed by atoms with Crippen molar-refractivity contribution < 1.29 is 33.5 Å². The minimum Gasteiger partial charge on any atom is -0.391 e. The zero-order chi connectivity index (χ0) is 36.1. The fraction of sp³-hybridized carbons (Fsp3) is 0.543. The number of nitrogens with zero attached hydrogens (tertiary/aromatic N) is 4. The van der Waals surface area contributed by atoms with Crippen molar-refractivity contribution >= 4 is 23.6 Å². The van der Waals surface area contributed by atoms with Crippen LogP contribution in [0.4, 0.5) is 0 Å². The number of likely N-dealkylation sites (N-methyl/N-ethyl adjacent to an activating group) is 1. The van der Waals surface area contributed by atoms with Gasteiger partial charge >= 0.3 is 0 Å². The number of carbonyl (C=O) groups excluding carboxylic acids is 4. The maximum atomic E-state index is 13.4. The smallest absolute Gasteiger partial charge is 0.274 e. The highest BCUT2D eigenvalue weighted by atomic mass is 16.5. The molecule has 1 fully saturated rings. The van der Waals surface area contributed by atoms with Crippen molar-refractivity contribution in [1.82, 2.24) is 30.9 Å². The van der Waals surface area contributed by atoms with Crippen LogP contribution >= 0.6 is 0 Å². The first-order chi connectivity index (χ1) is 23.2. The van der Waals surface area contributed by atoms with Crippen molar-refractivity contribution in [3.63, 3.8) is 0 Å². The highest BCUT2D eigenvalue weighted by Gasteiger charge is 2.31. The van der Waals surface area contributed by atoms with E-state index in [-0.39, 0.29) is 24.2 Å². The predicted octanol–water partition coefficient (Wildman–Crippen LogP) is 1.76. The van der Waals surface area contributed by atoms with Gasteiger partial charge in [0.15, 0.2) is 5.69 Å². The third kappa shape index (κ3) is 11.8. The summed E-state index contributed by atoms with van der Waals surface area (Å²) in [5.74, 6) is -1.91. The third-order valence-corrected chi connectivity index (χ3v) is 8.39. The summed E-state index contributed by atoms with van der Waals surface area (Å²) in [5, 5.41) is 31.8. The second kappa shape index (κ2) is 18.3. The number of morpholine rings is 1. The number of hydrogen-bond acceptors (Lipinski definition) is 10. The van der Waals surface area contributed by atoms with Crippen LogP contribution in [0.5, 0.6) is 0 Å². The Bertz CT molecular complexity index is 1500. The maximum absolute atomic E-state index is 13.4. The van der Waals surface area contributed by atoms with E-state index in [9.17, 15) is 29.5 Å². The van der Waals surface area contributed by atoms with Gasteiger partial charge in [0.05, 0.1) is 19.3 Å². The summed E-state index contributed by atoms with van der Waals surface area (Å²) in [6, 6.07) is 8.72. The quantitative estimate of drug-likeness (QED) is 0.116. The summed E-state index contributed by atoms with van der Waals surface area (Å²) in [7, 11) is 1.62. The average molecular weight is 680 g/mol. The molecule has 49 heavy (non-hydrogen) atoms. The number of benzene rings is 1. The number of unbranched alkanes of at least 4 members (excludes halogenated alkanes) is 1. The molecule has 0 aliphatic carbocycles. The minimum absolute atomic E-state index is 0.0478. The van der Waals surface area contributed by atoms with Crippen LogP contribution in [0.1, 0.15) is 67.4 Å². The second-order valence-electron chi connectivity index (χ2n) is 12.9. The van der Waals surface area contributed by atoms with Gasteiger partial charge in [-0.3, -0.25) is 24.1 Å². The number of aromatic nitrogens is 1. The van der Waals surface area contributed by atoms with E-state index in [2.05, 4.69) is 32.1 Å². The van der Waals surface area contributed by atoms with Gasteiger partial charge in [0.1, 0.15) is 29.5 Å². The molecule has 1 aliphatic heterocycles. The normalized spacial score (nSPS) is 15.8. The summed E-state index contributed by atoms with van der Waals surface area (Å²) in [5.41, 5.74) is 1.43. The van der Waals surface area contributed by atoms with E-state index in [4.69, 9.17) is 9.26 Å². The van der Waals surface area contributed by atoms with Crippen molar-refractivity contribution in [2.24, 2.45) is 0 Å². The molecular formula is C35H49N7O7. The van der Waals surface area contributed by atoms with Crippen LogP contribution in [0.25, 0.3) is 0 Å². The highest BCUT2D eigenvalue weighted by Crippen LogP contribution is 2.20. The molecule has 2 aromatic rings. The molecule has 14 nitrogen and oxygen atoms in total. The minimum atomic E-state index is -1.38. The van der Waals surface area contributed by atoms with Crippen LogP contribution in [-0.2, 0) is 25.7 Å². The summed E-state index contributed by atoms with van der Waals surface area (Å²) in [4.78, 5) is 56.2. The molecule has 0 bridgehead atoms. The van der Waals surface area contributed by atoms with Crippen LogP contribution in [0.15, 0.2) is 46.5 Å². The van der Waals surface area contributed by atoms with Crippen LogP contribution in [0.3, 0.4) is 0 Å². The molecule has 1 aliphatic rings. The Labute approximate surface area is 287 Å². The van der Waals surface area contributed by atoms with Crippen LogP contribution < -0.4 is 16.0 Å². The van der Waals surface area contributed by atoms with Crippen LogP contribution in [-0.4, -0.2) is 107 Å². The zero-order valence-corrected chi connectivity index (χ0v) is 29.2. The fourth-order valence-electron chi connectivity index (χ4n) is 5.37. The maximum Gasteiger partial charge on any atom is 0.274 e. The highest BCUT2D eigenvalue weighted by molar-refractivity contribution is 5.98. The number of aliphatic hydroxyl groups excluding tert-OH is 1.